The number of oxime groups is 1. The molecule has 0 N–H and O–H groups in total. The molecule has 2 aromatic carbocycles. The molecule has 1 aliphatic heterocycles. The molecule has 7 heteroatoms. The maximum absolute atomic E-state index is 5.95. The van der Waals surface area contributed by atoms with Gasteiger partial charge in [-0.2, -0.15) is 0 Å². The summed E-state index contributed by atoms with van der Waals surface area (Å²) in [6.07, 6.45) is 5.03. The fourth-order valence-corrected chi connectivity index (χ4v) is 3.81. The number of aromatic nitrogens is 2. The van der Waals surface area contributed by atoms with E-state index in [1.807, 2.05) is 60.7 Å². The summed E-state index contributed by atoms with van der Waals surface area (Å²) in [7, 11) is 0. The molecule has 1 aliphatic rings. The Morgan fingerprint density at radius 1 is 0.969 bits per heavy atom. The van der Waals surface area contributed by atoms with Gasteiger partial charge in [-0.1, -0.05) is 47.1 Å². The third kappa shape index (κ3) is 6.69. The van der Waals surface area contributed by atoms with Gasteiger partial charge < -0.3 is 14.5 Å². The summed E-state index contributed by atoms with van der Waals surface area (Å²) in [5.41, 5.74) is 2.07. The predicted octanol–water partition coefficient (Wildman–Crippen LogP) is 5.37. The van der Waals surface area contributed by atoms with Gasteiger partial charge in [0.2, 0.25) is 0 Å². The van der Waals surface area contributed by atoms with Crippen LogP contribution in [0.4, 0.5) is 5.82 Å². The molecule has 3 aromatic rings. The van der Waals surface area contributed by atoms with Crippen molar-refractivity contribution in [2.45, 2.75) is 25.9 Å². The third-order valence-electron chi connectivity index (χ3n) is 5.58. The zero-order chi connectivity index (χ0) is 22.0. The average molecular weight is 451 g/mol. The molecule has 6 nitrogen and oxygen atoms in total. The molecule has 0 saturated carbocycles. The van der Waals surface area contributed by atoms with Gasteiger partial charge in [0.15, 0.2) is 11.0 Å². The van der Waals surface area contributed by atoms with Gasteiger partial charge in [-0.05, 0) is 72.7 Å². The Bertz CT molecular complexity index is 973. The fourth-order valence-electron chi connectivity index (χ4n) is 3.71. The molecule has 0 amide bonds. The summed E-state index contributed by atoms with van der Waals surface area (Å²) in [6, 6.07) is 21.6. The van der Waals surface area contributed by atoms with Crippen LogP contribution in [0, 0.1) is 5.92 Å². The summed E-state index contributed by atoms with van der Waals surface area (Å²) in [5.74, 6) is 2.44. The van der Waals surface area contributed by atoms with E-state index in [0.29, 0.717) is 17.7 Å². The second kappa shape index (κ2) is 11.5. The summed E-state index contributed by atoms with van der Waals surface area (Å²) in [6.45, 7) is 3.16. The van der Waals surface area contributed by atoms with E-state index >= 15 is 0 Å². The number of hydrogen-bond acceptors (Lipinski definition) is 6. The number of hydrogen-bond donors (Lipinski definition) is 0. The van der Waals surface area contributed by atoms with Crippen LogP contribution in [0.15, 0.2) is 71.9 Å². The molecule has 0 spiro atoms. The number of rotatable bonds is 9. The highest BCUT2D eigenvalue weighted by atomic mass is 35.5. The number of piperidine rings is 1. The van der Waals surface area contributed by atoms with Gasteiger partial charge in [0.05, 0.1) is 12.8 Å². The van der Waals surface area contributed by atoms with Crippen LogP contribution in [-0.4, -0.2) is 36.1 Å². The SMILES string of the molecule is Clc1ccc(N2CCC(CCOc3ccc(/C=N/OCc4ccccc4)cc3)CC2)nn1. The normalized spacial score (nSPS) is 14.6. The Morgan fingerprint density at radius 2 is 1.75 bits per heavy atom. The van der Waals surface area contributed by atoms with Gasteiger partial charge in [0.25, 0.3) is 0 Å². The molecule has 0 radical (unpaired) electrons. The summed E-state index contributed by atoms with van der Waals surface area (Å²) in [5, 5.41) is 12.6. The molecule has 1 fully saturated rings. The van der Waals surface area contributed by atoms with Crippen LogP contribution in [0.25, 0.3) is 0 Å². The minimum absolute atomic E-state index is 0.428. The van der Waals surface area contributed by atoms with Crippen LogP contribution in [-0.2, 0) is 11.4 Å². The van der Waals surface area contributed by atoms with E-state index in [2.05, 4.69) is 20.3 Å². The lowest BCUT2D eigenvalue weighted by Crippen LogP contribution is -2.34. The van der Waals surface area contributed by atoms with E-state index in [0.717, 1.165) is 61.7 Å². The van der Waals surface area contributed by atoms with Crippen molar-refractivity contribution in [3.63, 3.8) is 0 Å². The Kier molecular flexibility index (Phi) is 7.93. The molecular formula is C25H27ClN4O2. The number of nitrogens with zero attached hydrogens (tertiary/aromatic N) is 4. The average Bonchev–Trinajstić information content (AvgIpc) is 2.84. The minimum atomic E-state index is 0.428. The highest BCUT2D eigenvalue weighted by Gasteiger charge is 2.20. The summed E-state index contributed by atoms with van der Waals surface area (Å²) in [4.78, 5) is 7.62. The zero-order valence-electron chi connectivity index (χ0n) is 17.9. The molecule has 166 valence electrons. The molecule has 0 aliphatic carbocycles. The maximum atomic E-state index is 5.95. The van der Waals surface area contributed by atoms with Crippen molar-refractivity contribution in [3.8, 4) is 5.75 Å². The Hall–Kier alpha value is -3.12. The lowest BCUT2D eigenvalue weighted by atomic mass is 9.94. The topological polar surface area (TPSA) is 59.8 Å². The van der Waals surface area contributed by atoms with Crippen LogP contribution in [0.1, 0.15) is 30.4 Å². The van der Waals surface area contributed by atoms with E-state index in [9.17, 15) is 0 Å². The third-order valence-corrected chi connectivity index (χ3v) is 5.78. The van der Waals surface area contributed by atoms with E-state index < -0.39 is 0 Å². The van der Waals surface area contributed by atoms with Crippen molar-refractivity contribution < 1.29 is 9.57 Å². The Balaban J connectivity index is 1.13. The molecule has 32 heavy (non-hydrogen) atoms. The van der Waals surface area contributed by atoms with Gasteiger partial charge >= 0.3 is 0 Å². The van der Waals surface area contributed by atoms with Gasteiger partial charge in [-0.3, -0.25) is 0 Å². The second-order valence-electron chi connectivity index (χ2n) is 7.84. The molecule has 1 aromatic heterocycles. The van der Waals surface area contributed by atoms with Crippen LogP contribution in [0.5, 0.6) is 5.75 Å². The monoisotopic (exact) mass is 450 g/mol. The van der Waals surface area contributed by atoms with E-state index in [1.54, 1.807) is 12.3 Å². The lowest BCUT2D eigenvalue weighted by Gasteiger charge is -2.32. The smallest absolute Gasteiger partial charge is 0.151 e. The van der Waals surface area contributed by atoms with Crippen molar-refractivity contribution in [2.24, 2.45) is 11.1 Å². The quantitative estimate of drug-likeness (QED) is 0.324. The van der Waals surface area contributed by atoms with Crippen LogP contribution in [0.3, 0.4) is 0 Å². The van der Waals surface area contributed by atoms with Gasteiger partial charge in [0.1, 0.15) is 12.4 Å². The Labute approximate surface area is 193 Å². The van der Waals surface area contributed by atoms with Crippen molar-refractivity contribution in [3.05, 3.63) is 83.0 Å². The fraction of sp³-hybridized carbons (Fsp3) is 0.320. The first-order valence-corrected chi connectivity index (χ1v) is 11.3. The van der Waals surface area contributed by atoms with Gasteiger partial charge in [0, 0.05) is 13.1 Å². The van der Waals surface area contributed by atoms with Gasteiger partial charge in [-0.25, -0.2) is 0 Å². The van der Waals surface area contributed by atoms with E-state index in [-0.39, 0.29) is 0 Å². The lowest BCUT2D eigenvalue weighted by molar-refractivity contribution is 0.132. The number of benzene rings is 2. The van der Waals surface area contributed by atoms with Crippen molar-refractivity contribution in [1.82, 2.24) is 10.2 Å². The highest BCUT2D eigenvalue weighted by Crippen LogP contribution is 2.24. The molecule has 1 saturated heterocycles. The van der Waals surface area contributed by atoms with Crippen molar-refractivity contribution in [1.29, 1.82) is 0 Å². The first kappa shape index (κ1) is 22.1. The number of ether oxygens (including phenoxy) is 1. The van der Waals surface area contributed by atoms with Crippen LogP contribution in [0.2, 0.25) is 5.15 Å². The van der Waals surface area contributed by atoms with E-state index in [1.165, 1.54) is 0 Å². The standard InChI is InChI=1S/C25H27ClN4O2/c26-24-10-11-25(29-28-24)30-15-12-20(13-16-30)14-17-31-23-8-6-21(7-9-23)18-27-32-19-22-4-2-1-3-5-22/h1-11,18,20H,12-17,19H2/b27-18+. The molecule has 4 rings (SSSR count). The van der Waals surface area contributed by atoms with Crippen LogP contribution < -0.4 is 9.64 Å². The van der Waals surface area contributed by atoms with Crippen LogP contribution >= 0.6 is 11.6 Å². The first-order chi connectivity index (χ1) is 15.8. The van der Waals surface area contributed by atoms with Crippen molar-refractivity contribution in [2.75, 3.05) is 24.6 Å². The summed E-state index contributed by atoms with van der Waals surface area (Å²) >= 11 is 5.82. The predicted molar refractivity (Wildman–Crippen MR) is 127 cm³/mol. The maximum Gasteiger partial charge on any atom is 0.151 e. The van der Waals surface area contributed by atoms with E-state index in [4.69, 9.17) is 21.2 Å². The molecule has 0 bridgehead atoms. The number of anilines is 1. The summed E-state index contributed by atoms with van der Waals surface area (Å²) < 4.78 is 5.95. The highest BCUT2D eigenvalue weighted by molar-refractivity contribution is 6.29. The number of halogens is 1. The largest absolute Gasteiger partial charge is 0.494 e. The molecule has 0 atom stereocenters. The molecule has 0 unspecified atom stereocenters. The molecule has 2 heterocycles. The minimum Gasteiger partial charge on any atom is -0.494 e. The van der Waals surface area contributed by atoms with Gasteiger partial charge in [-0.15, -0.1) is 10.2 Å². The zero-order valence-corrected chi connectivity index (χ0v) is 18.7. The van der Waals surface area contributed by atoms with Crippen molar-refractivity contribution >= 4 is 23.6 Å². The first-order valence-electron chi connectivity index (χ1n) is 10.9. The Morgan fingerprint density at radius 3 is 2.47 bits per heavy atom. The second-order valence-corrected chi connectivity index (χ2v) is 8.23. The molecular weight excluding hydrogens is 424 g/mol.